The second kappa shape index (κ2) is 6.29. The molecule has 0 saturated heterocycles. The molecule has 2 rings (SSSR count). The maximum Gasteiger partial charge on any atom is 0.315 e. The molecule has 0 amide bonds. The minimum Gasteiger partial charge on any atom is -0.406 e. The van der Waals surface area contributed by atoms with Crippen molar-refractivity contribution in [1.29, 1.82) is 0 Å². The molecule has 0 aliphatic rings. The van der Waals surface area contributed by atoms with Crippen molar-refractivity contribution in [3.05, 3.63) is 35.5 Å². The van der Waals surface area contributed by atoms with E-state index in [0.717, 1.165) is 17.9 Å². The highest BCUT2D eigenvalue weighted by atomic mass is 16.4. The molecule has 2 heterocycles. The van der Waals surface area contributed by atoms with Gasteiger partial charge in [-0.1, -0.05) is 18.1 Å². The van der Waals surface area contributed by atoms with Crippen LogP contribution in [0.3, 0.4) is 0 Å². The fourth-order valence-corrected chi connectivity index (χ4v) is 1.74. The van der Waals surface area contributed by atoms with Gasteiger partial charge in [0.15, 0.2) is 0 Å². The van der Waals surface area contributed by atoms with Crippen LogP contribution in [0, 0.1) is 6.92 Å². The average molecular weight is 261 g/mol. The summed E-state index contributed by atoms with van der Waals surface area (Å²) in [6.45, 7) is 7.42. The van der Waals surface area contributed by atoms with E-state index < -0.39 is 0 Å². The Labute approximate surface area is 112 Å². The lowest BCUT2D eigenvalue weighted by Crippen LogP contribution is -2.17. The van der Waals surface area contributed by atoms with Crippen molar-refractivity contribution in [2.75, 3.05) is 11.9 Å². The highest BCUT2D eigenvalue weighted by molar-refractivity contribution is 5.21. The van der Waals surface area contributed by atoms with Crippen molar-refractivity contribution in [2.24, 2.45) is 0 Å². The van der Waals surface area contributed by atoms with E-state index in [-0.39, 0.29) is 6.04 Å². The van der Waals surface area contributed by atoms with Crippen molar-refractivity contribution in [2.45, 2.75) is 33.4 Å². The van der Waals surface area contributed by atoms with E-state index in [1.54, 1.807) is 0 Å². The maximum absolute atomic E-state index is 5.53. The summed E-state index contributed by atoms with van der Waals surface area (Å²) < 4.78 is 5.53. The molecule has 0 bridgehead atoms. The summed E-state index contributed by atoms with van der Waals surface area (Å²) in [6, 6.07) is 6.38. The maximum atomic E-state index is 5.53. The molecule has 6 heteroatoms. The molecule has 19 heavy (non-hydrogen) atoms. The first-order valence-corrected chi connectivity index (χ1v) is 6.42. The monoisotopic (exact) mass is 261 g/mol. The summed E-state index contributed by atoms with van der Waals surface area (Å²) in [5, 5.41) is 14.3. The number of hydrogen-bond donors (Lipinski definition) is 2. The van der Waals surface area contributed by atoms with Crippen molar-refractivity contribution < 1.29 is 4.42 Å². The molecule has 0 fully saturated rings. The van der Waals surface area contributed by atoms with Crippen LogP contribution in [0.2, 0.25) is 0 Å². The topological polar surface area (TPSA) is 75.9 Å². The zero-order valence-corrected chi connectivity index (χ0v) is 11.5. The van der Waals surface area contributed by atoms with Crippen molar-refractivity contribution >= 4 is 6.01 Å². The molecule has 2 aromatic heterocycles. The van der Waals surface area contributed by atoms with Crippen LogP contribution >= 0.6 is 0 Å². The Kier molecular flexibility index (Phi) is 4.46. The molecule has 2 N–H and O–H groups in total. The average Bonchev–Trinajstić information content (AvgIpc) is 2.86. The van der Waals surface area contributed by atoms with Gasteiger partial charge >= 0.3 is 6.01 Å². The van der Waals surface area contributed by atoms with Gasteiger partial charge in [0.1, 0.15) is 0 Å². The molecule has 0 aliphatic carbocycles. The van der Waals surface area contributed by atoms with Crippen molar-refractivity contribution in [3.8, 4) is 0 Å². The largest absolute Gasteiger partial charge is 0.406 e. The van der Waals surface area contributed by atoms with E-state index in [1.807, 2.05) is 39.0 Å². The number of nitrogens with zero attached hydrogens (tertiary/aromatic N) is 3. The van der Waals surface area contributed by atoms with Crippen LogP contribution in [0.1, 0.15) is 37.2 Å². The molecule has 0 saturated carbocycles. The van der Waals surface area contributed by atoms with E-state index in [9.17, 15) is 0 Å². The highest BCUT2D eigenvalue weighted by Gasteiger charge is 2.12. The predicted octanol–water partition coefficient (Wildman–Crippen LogP) is 2.06. The standard InChI is InChI=1S/C13H19N5O/c1-4-14-10(3)12-17-18-13(19-12)15-8-11-7-5-6-9(2)16-11/h5-7,10,14H,4,8H2,1-3H3,(H,15,18). The second-order valence-corrected chi connectivity index (χ2v) is 4.35. The minimum atomic E-state index is 0.0603. The van der Waals surface area contributed by atoms with Crippen LogP contribution in [-0.4, -0.2) is 21.7 Å². The summed E-state index contributed by atoms with van der Waals surface area (Å²) in [5.41, 5.74) is 1.94. The first kappa shape index (κ1) is 13.5. The third kappa shape index (κ3) is 3.75. The molecule has 0 radical (unpaired) electrons. The third-order valence-corrected chi connectivity index (χ3v) is 2.69. The lowest BCUT2D eigenvalue weighted by atomic mass is 10.3. The number of pyridine rings is 1. The predicted molar refractivity (Wildman–Crippen MR) is 72.7 cm³/mol. The molecular weight excluding hydrogens is 242 g/mol. The molecule has 0 spiro atoms. The van der Waals surface area contributed by atoms with Gasteiger partial charge in [0.2, 0.25) is 5.89 Å². The molecule has 1 unspecified atom stereocenters. The van der Waals surface area contributed by atoms with E-state index >= 15 is 0 Å². The summed E-state index contributed by atoms with van der Waals surface area (Å²) in [4.78, 5) is 4.39. The van der Waals surface area contributed by atoms with Crippen LogP contribution in [-0.2, 0) is 6.54 Å². The Balaban J connectivity index is 1.93. The molecule has 0 aliphatic heterocycles. The van der Waals surface area contributed by atoms with E-state index in [2.05, 4.69) is 25.8 Å². The normalized spacial score (nSPS) is 12.4. The highest BCUT2D eigenvalue weighted by Crippen LogP contribution is 2.13. The molecule has 0 aromatic carbocycles. The van der Waals surface area contributed by atoms with Gasteiger partial charge in [-0.05, 0) is 32.5 Å². The number of rotatable bonds is 6. The number of anilines is 1. The van der Waals surface area contributed by atoms with E-state index in [4.69, 9.17) is 4.42 Å². The van der Waals surface area contributed by atoms with Gasteiger partial charge in [0.05, 0.1) is 18.3 Å². The SMILES string of the molecule is CCNC(C)c1nnc(NCc2cccc(C)n2)o1. The minimum absolute atomic E-state index is 0.0603. The second-order valence-electron chi connectivity index (χ2n) is 4.35. The molecule has 1 atom stereocenters. The fourth-order valence-electron chi connectivity index (χ4n) is 1.74. The lowest BCUT2D eigenvalue weighted by Gasteiger charge is -2.06. The van der Waals surface area contributed by atoms with Gasteiger partial charge in [-0.15, -0.1) is 5.10 Å². The van der Waals surface area contributed by atoms with Crippen molar-refractivity contribution in [1.82, 2.24) is 20.5 Å². The zero-order chi connectivity index (χ0) is 13.7. The van der Waals surface area contributed by atoms with Gasteiger partial charge in [-0.3, -0.25) is 4.98 Å². The number of aromatic nitrogens is 3. The summed E-state index contributed by atoms with van der Waals surface area (Å²) in [6.07, 6.45) is 0. The van der Waals surface area contributed by atoms with Crippen LogP contribution in [0.15, 0.2) is 22.6 Å². The zero-order valence-electron chi connectivity index (χ0n) is 11.5. The lowest BCUT2D eigenvalue weighted by molar-refractivity contribution is 0.428. The summed E-state index contributed by atoms with van der Waals surface area (Å²) >= 11 is 0. The van der Waals surface area contributed by atoms with E-state index in [1.165, 1.54) is 0 Å². The van der Waals surface area contributed by atoms with Gasteiger partial charge in [0, 0.05) is 5.69 Å². The number of nitrogens with one attached hydrogen (secondary N) is 2. The summed E-state index contributed by atoms with van der Waals surface area (Å²) in [7, 11) is 0. The van der Waals surface area contributed by atoms with Gasteiger partial charge < -0.3 is 15.1 Å². The molecule has 6 nitrogen and oxygen atoms in total. The molecule has 102 valence electrons. The smallest absolute Gasteiger partial charge is 0.315 e. The Bertz CT molecular complexity index is 525. The van der Waals surface area contributed by atoms with Crippen molar-refractivity contribution in [3.63, 3.8) is 0 Å². The Morgan fingerprint density at radius 2 is 2.16 bits per heavy atom. The van der Waals surface area contributed by atoms with Gasteiger partial charge in [-0.25, -0.2) is 0 Å². The Hall–Kier alpha value is -1.95. The van der Waals surface area contributed by atoms with Gasteiger partial charge in [-0.2, -0.15) is 0 Å². The van der Waals surface area contributed by atoms with Crippen LogP contribution in [0.25, 0.3) is 0 Å². The summed E-state index contributed by atoms with van der Waals surface area (Å²) in [5.74, 6) is 0.585. The van der Waals surface area contributed by atoms with E-state index in [0.29, 0.717) is 18.5 Å². The van der Waals surface area contributed by atoms with Crippen LogP contribution in [0.5, 0.6) is 0 Å². The van der Waals surface area contributed by atoms with Crippen LogP contribution < -0.4 is 10.6 Å². The van der Waals surface area contributed by atoms with Gasteiger partial charge in [0.25, 0.3) is 0 Å². The number of hydrogen-bond acceptors (Lipinski definition) is 6. The fraction of sp³-hybridized carbons (Fsp3) is 0.462. The quantitative estimate of drug-likeness (QED) is 0.829. The van der Waals surface area contributed by atoms with Crippen LogP contribution in [0.4, 0.5) is 6.01 Å². The Morgan fingerprint density at radius 1 is 1.32 bits per heavy atom. The molecule has 2 aromatic rings. The first-order chi connectivity index (χ1) is 9.19. The third-order valence-electron chi connectivity index (χ3n) is 2.69. The molecular formula is C13H19N5O. The first-order valence-electron chi connectivity index (χ1n) is 6.42. The Morgan fingerprint density at radius 3 is 2.89 bits per heavy atom. The number of aryl methyl sites for hydroxylation is 1.